The first-order chi connectivity index (χ1) is 14.3. The Balaban J connectivity index is 2.29. The minimum atomic E-state index is -1.69. The van der Waals surface area contributed by atoms with Crippen molar-refractivity contribution in [3.05, 3.63) is 35.5 Å². The minimum absolute atomic E-state index is 0.121. The van der Waals surface area contributed by atoms with Crippen LogP contribution in [0, 0.1) is 5.41 Å². The van der Waals surface area contributed by atoms with Gasteiger partial charge in [-0.15, -0.1) is 0 Å². The molecule has 0 bridgehead atoms. The Labute approximate surface area is 179 Å². The number of hydrogen-bond acceptors (Lipinski definition) is 9. The third-order valence-corrected chi connectivity index (χ3v) is 5.82. The number of ether oxygens (including phenoxy) is 2. The van der Waals surface area contributed by atoms with Gasteiger partial charge in [-0.1, -0.05) is 13.0 Å². The Morgan fingerprint density at radius 2 is 1.94 bits per heavy atom. The quantitative estimate of drug-likeness (QED) is 0.213. The standard InChI is InChI=1S/C21H30O10/c1-11(6-15(24)25)4-5-21(29)12(2)7-13(23)8-20(21,3)10-30-19-18(28)17(27)16(26)14(9-22)31-19/h4-7,14,16-19,22,26-29H,8-10H2,1-3H3,(H,24,25)/b5-4+,11-6+/t14-,16-,17+,18-,19-,20+,21+/m1/s1. The van der Waals surface area contributed by atoms with Crippen molar-refractivity contribution in [3.8, 4) is 0 Å². The first-order valence-electron chi connectivity index (χ1n) is 9.81. The highest BCUT2D eigenvalue weighted by molar-refractivity contribution is 5.93. The van der Waals surface area contributed by atoms with Crippen LogP contribution < -0.4 is 0 Å². The van der Waals surface area contributed by atoms with Crippen molar-refractivity contribution in [1.29, 1.82) is 0 Å². The van der Waals surface area contributed by atoms with Crippen LogP contribution in [0.3, 0.4) is 0 Å². The van der Waals surface area contributed by atoms with Gasteiger partial charge in [0.15, 0.2) is 12.1 Å². The number of aliphatic hydroxyl groups is 5. The summed E-state index contributed by atoms with van der Waals surface area (Å²) >= 11 is 0. The van der Waals surface area contributed by atoms with Crippen LogP contribution in [0.25, 0.3) is 0 Å². The third kappa shape index (κ3) is 5.29. The molecule has 0 radical (unpaired) electrons. The van der Waals surface area contributed by atoms with Gasteiger partial charge >= 0.3 is 5.97 Å². The number of rotatable bonds is 7. The van der Waals surface area contributed by atoms with Gasteiger partial charge in [0.25, 0.3) is 0 Å². The zero-order valence-corrected chi connectivity index (χ0v) is 17.6. The lowest BCUT2D eigenvalue weighted by Crippen LogP contribution is -2.60. The molecule has 10 nitrogen and oxygen atoms in total. The van der Waals surface area contributed by atoms with E-state index in [0.717, 1.165) is 6.08 Å². The minimum Gasteiger partial charge on any atom is -0.478 e. The smallest absolute Gasteiger partial charge is 0.328 e. The summed E-state index contributed by atoms with van der Waals surface area (Å²) in [7, 11) is 0. The summed E-state index contributed by atoms with van der Waals surface area (Å²) < 4.78 is 10.9. The first-order valence-corrected chi connectivity index (χ1v) is 9.81. The van der Waals surface area contributed by atoms with Gasteiger partial charge in [-0.2, -0.15) is 0 Å². The van der Waals surface area contributed by atoms with E-state index >= 15 is 0 Å². The van der Waals surface area contributed by atoms with Gasteiger partial charge in [0.1, 0.15) is 30.0 Å². The van der Waals surface area contributed by atoms with Gasteiger partial charge in [0.2, 0.25) is 0 Å². The zero-order chi connectivity index (χ0) is 23.6. The molecule has 0 aromatic rings. The monoisotopic (exact) mass is 442 g/mol. The van der Waals surface area contributed by atoms with E-state index in [1.54, 1.807) is 20.8 Å². The second-order valence-corrected chi connectivity index (χ2v) is 8.37. The van der Waals surface area contributed by atoms with E-state index in [1.165, 1.54) is 18.2 Å². The maximum absolute atomic E-state index is 12.2. The third-order valence-electron chi connectivity index (χ3n) is 5.82. The number of aliphatic hydroxyl groups excluding tert-OH is 4. The number of carbonyl (C=O) groups is 2. The second-order valence-electron chi connectivity index (χ2n) is 8.37. The van der Waals surface area contributed by atoms with Gasteiger partial charge in [-0.05, 0) is 37.1 Å². The lowest BCUT2D eigenvalue weighted by atomic mass is 9.63. The molecule has 1 fully saturated rings. The Hall–Kier alpha value is -1.92. The van der Waals surface area contributed by atoms with Gasteiger partial charge in [-0.3, -0.25) is 4.79 Å². The molecule has 7 atom stereocenters. The molecule has 0 aromatic carbocycles. The predicted octanol–water partition coefficient (Wildman–Crippen LogP) is -0.953. The topological polar surface area (TPSA) is 174 Å². The molecule has 0 spiro atoms. The molecule has 0 amide bonds. The van der Waals surface area contributed by atoms with Crippen LogP contribution >= 0.6 is 0 Å². The lowest BCUT2D eigenvalue weighted by molar-refractivity contribution is -0.308. The molecular formula is C21H30O10. The van der Waals surface area contributed by atoms with Crippen molar-refractivity contribution in [2.45, 2.75) is 63.5 Å². The molecule has 0 unspecified atom stereocenters. The summed E-state index contributed by atoms with van der Waals surface area (Å²) in [5.41, 5.74) is -2.24. The highest BCUT2D eigenvalue weighted by Gasteiger charge is 2.52. The van der Waals surface area contributed by atoms with Crippen molar-refractivity contribution < 1.29 is 49.7 Å². The van der Waals surface area contributed by atoms with E-state index in [-0.39, 0.29) is 18.8 Å². The molecule has 10 heteroatoms. The Kier molecular flexibility index (Phi) is 7.93. The van der Waals surface area contributed by atoms with E-state index < -0.39 is 54.3 Å². The van der Waals surface area contributed by atoms with Crippen molar-refractivity contribution >= 4 is 11.8 Å². The van der Waals surface area contributed by atoms with Crippen molar-refractivity contribution in [1.82, 2.24) is 0 Å². The molecule has 6 N–H and O–H groups in total. The molecule has 2 aliphatic rings. The number of carboxylic acid groups (broad SMARTS) is 1. The summed E-state index contributed by atoms with van der Waals surface area (Å²) in [6.45, 7) is 3.78. The fraction of sp³-hybridized carbons (Fsp3) is 0.619. The van der Waals surface area contributed by atoms with E-state index in [1.807, 2.05) is 0 Å². The fourth-order valence-corrected chi connectivity index (χ4v) is 3.86. The van der Waals surface area contributed by atoms with E-state index in [2.05, 4.69) is 0 Å². The molecule has 174 valence electrons. The molecule has 31 heavy (non-hydrogen) atoms. The molecule has 1 heterocycles. The van der Waals surface area contributed by atoms with Gasteiger partial charge in [-0.25, -0.2) is 4.79 Å². The average Bonchev–Trinajstić information content (AvgIpc) is 2.68. The molecule has 1 saturated heterocycles. The number of carbonyl (C=O) groups excluding carboxylic acids is 1. The van der Waals surface area contributed by atoms with Crippen LogP contribution in [-0.2, 0) is 19.1 Å². The normalized spacial score (nSPS) is 39.6. The van der Waals surface area contributed by atoms with Crippen LogP contribution in [-0.4, -0.2) is 91.9 Å². The summed E-state index contributed by atoms with van der Waals surface area (Å²) in [5, 5.41) is 59.6. The molecular weight excluding hydrogens is 412 g/mol. The summed E-state index contributed by atoms with van der Waals surface area (Å²) in [4.78, 5) is 23.1. The van der Waals surface area contributed by atoms with Crippen LogP contribution in [0.4, 0.5) is 0 Å². The second kappa shape index (κ2) is 9.70. The maximum atomic E-state index is 12.2. The largest absolute Gasteiger partial charge is 0.478 e. The van der Waals surface area contributed by atoms with Crippen LogP contribution in [0.1, 0.15) is 27.2 Å². The Morgan fingerprint density at radius 1 is 1.29 bits per heavy atom. The Bertz CT molecular complexity index is 785. The number of hydrogen-bond donors (Lipinski definition) is 6. The molecule has 0 saturated carbocycles. The summed E-state index contributed by atoms with van der Waals surface area (Å²) in [6, 6.07) is 0. The predicted molar refractivity (Wildman–Crippen MR) is 107 cm³/mol. The molecule has 1 aliphatic carbocycles. The van der Waals surface area contributed by atoms with Crippen molar-refractivity contribution in [3.63, 3.8) is 0 Å². The van der Waals surface area contributed by atoms with E-state index in [0.29, 0.717) is 11.1 Å². The summed E-state index contributed by atoms with van der Waals surface area (Å²) in [6.07, 6.45) is -2.41. The highest BCUT2D eigenvalue weighted by Crippen LogP contribution is 2.45. The summed E-state index contributed by atoms with van der Waals surface area (Å²) in [5.74, 6) is -1.40. The number of allylic oxidation sites excluding steroid dienone is 3. The molecule has 0 aromatic heterocycles. The SMILES string of the molecule is CC1=CC(=O)C[C@@](C)(CO[C@@H]2O[C@H](CO)[C@@H](O)[C@H](O)[C@H]2O)[C@]1(O)/C=C/C(C)=C/C(=O)O. The van der Waals surface area contributed by atoms with Gasteiger partial charge < -0.3 is 40.1 Å². The van der Waals surface area contributed by atoms with E-state index in [4.69, 9.17) is 14.6 Å². The van der Waals surface area contributed by atoms with Crippen molar-refractivity contribution in [2.24, 2.45) is 5.41 Å². The fourth-order valence-electron chi connectivity index (χ4n) is 3.86. The van der Waals surface area contributed by atoms with Gasteiger partial charge in [0, 0.05) is 17.9 Å². The zero-order valence-electron chi connectivity index (χ0n) is 17.6. The first kappa shape index (κ1) is 25.3. The lowest BCUT2D eigenvalue weighted by Gasteiger charge is -2.47. The maximum Gasteiger partial charge on any atom is 0.328 e. The average molecular weight is 442 g/mol. The van der Waals surface area contributed by atoms with Crippen LogP contribution in [0.5, 0.6) is 0 Å². The number of ketones is 1. The van der Waals surface area contributed by atoms with Crippen LogP contribution in [0.15, 0.2) is 35.5 Å². The van der Waals surface area contributed by atoms with E-state index in [9.17, 15) is 35.1 Å². The molecule has 1 aliphatic heterocycles. The Morgan fingerprint density at radius 3 is 2.52 bits per heavy atom. The van der Waals surface area contributed by atoms with Crippen LogP contribution in [0.2, 0.25) is 0 Å². The van der Waals surface area contributed by atoms with Crippen molar-refractivity contribution in [2.75, 3.05) is 13.2 Å². The molecule has 2 rings (SSSR count). The number of carboxylic acids is 1. The van der Waals surface area contributed by atoms with Gasteiger partial charge in [0.05, 0.1) is 13.2 Å². The highest BCUT2D eigenvalue weighted by atomic mass is 16.7. The number of aliphatic carboxylic acids is 1.